The summed E-state index contributed by atoms with van der Waals surface area (Å²) in [6.45, 7) is 0. The average Bonchev–Trinajstić information content (AvgIpc) is 3.45. The SMILES string of the molecule is O=C(O)C1C=CC(N2C(=O)C(=Cc3ccc(-c4ccccc4)o3)C=C2c2ccccc2)C=C1. The normalized spacial score (nSPS) is 21.0. The van der Waals surface area contributed by atoms with Crippen molar-refractivity contribution in [1.29, 1.82) is 0 Å². The molecule has 0 atom stereocenters. The van der Waals surface area contributed by atoms with E-state index in [-0.39, 0.29) is 11.9 Å². The molecular formula is C28H21NO4. The minimum Gasteiger partial charge on any atom is -0.481 e. The summed E-state index contributed by atoms with van der Waals surface area (Å²) < 4.78 is 5.97. The van der Waals surface area contributed by atoms with Crippen LogP contribution < -0.4 is 0 Å². The van der Waals surface area contributed by atoms with Gasteiger partial charge in [0.2, 0.25) is 0 Å². The summed E-state index contributed by atoms with van der Waals surface area (Å²) in [6.07, 6.45) is 10.3. The molecule has 1 aliphatic carbocycles. The average molecular weight is 435 g/mol. The van der Waals surface area contributed by atoms with Crippen molar-refractivity contribution in [2.45, 2.75) is 6.04 Å². The van der Waals surface area contributed by atoms with Gasteiger partial charge in [0.1, 0.15) is 11.5 Å². The van der Waals surface area contributed by atoms with Gasteiger partial charge in [-0.25, -0.2) is 0 Å². The number of carbonyl (C=O) groups is 2. The molecule has 2 aliphatic rings. The Labute approximate surface area is 191 Å². The minimum absolute atomic E-state index is 0.167. The highest BCUT2D eigenvalue weighted by atomic mass is 16.4. The van der Waals surface area contributed by atoms with Crippen LogP contribution in [-0.2, 0) is 9.59 Å². The van der Waals surface area contributed by atoms with Crippen LogP contribution in [0.15, 0.2) is 113 Å². The van der Waals surface area contributed by atoms with Crippen LogP contribution >= 0.6 is 0 Å². The summed E-state index contributed by atoms with van der Waals surface area (Å²) in [5, 5.41) is 9.25. The fourth-order valence-corrected chi connectivity index (χ4v) is 4.03. The standard InChI is InChI=1S/C28H21NO4/c30-27-22(17-24-15-16-26(33-24)20-9-5-2-6-10-20)18-25(19-7-3-1-4-8-19)29(27)23-13-11-21(12-14-23)28(31)32/h1-18,21,23H,(H,31,32). The number of amides is 1. The van der Waals surface area contributed by atoms with Crippen LogP contribution in [-0.4, -0.2) is 27.9 Å². The monoisotopic (exact) mass is 435 g/mol. The van der Waals surface area contributed by atoms with Crippen molar-refractivity contribution in [2.24, 2.45) is 5.92 Å². The maximum atomic E-state index is 13.5. The number of hydrogen-bond donors (Lipinski definition) is 1. The fraction of sp³-hybridized carbons (Fsp3) is 0.0714. The summed E-state index contributed by atoms with van der Waals surface area (Å²) in [6, 6.07) is 22.8. The van der Waals surface area contributed by atoms with Gasteiger partial charge in [0, 0.05) is 11.1 Å². The summed E-state index contributed by atoms with van der Waals surface area (Å²) in [5.41, 5.74) is 3.13. The van der Waals surface area contributed by atoms with Crippen LogP contribution in [0.4, 0.5) is 0 Å². The van der Waals surface area contributed by atoms with Crippen molar-refractivity contribution in [1.82, 2.24) is 4.90 Å². The third kappa shape index (κ3) is 4.08. The lowest BCUT2D eigenvalue weighted by Crippen LogP contribution is -2.35. The summed E-state index contributed by atoms with van der Waals surface area (Å²) >= 11 is 0. The molecule has 0 fully saturated rings. The van der Waals surface area contributed by atoms with E-state index in [4.69, 9.17) is 4.42 Å². The predicted octanol–water partition coefficient (Wildman–Crippen LogP) is 5.41. The van der Waals surface area contributed by atoms with Crippen molar-refractivity contribution >= 4 is 23.6 Å². The Bertz CT molecular complexity index is 1300. The van der Waals surface area contributed by atoms with Crippen LogP contribution in [0.5, 0.6) is 0 Å². The van der Waals surface area contributed by atoms with E-state index < -0.39 is 11.9 Å². The van der Waals surface area contributed by atoms with E-state index in [0.29, 0.717) is 11.3 Å². The van der Waals surface area contributed by atoms with Crippen molar-refractivity contribution in [3.05, 3.63) is 120 Å². The molecule has 0 bridgehead atoms. The molecule has 1 aliphatic heterocycles. The van der Waals surface area contributed by atoms with Gasteiger partial charge in [-0.15, -0.1) is 0 Å². The molecule has 0 spiro atoms. The van der Waals surface area contributed by atoms with E-state index in [1.54, 1.807) is 35.3 Å². The molecule has 33 heavy (non-hydrogen) atoms. The molecule has 0 saturated heterocycles. The highest BCUT2D eigenvalue weighted by Crippen LogP contribution is 2.35. The number of carbonyl (C=O) groups excluding carboxylic acids is 1. The smallest absolute Gasteiger partial charge is 0.314 e. The second-order valence-electron chi connectivity index (χ2n) is 7.86. The van der Waals surface area contributed by atoms with Gasteiger partial charge >= 0.3 is 5.97 Å². The topological polar surface area (TPSA) is 70.8 Å². The van der Waals surface area contributed by atoms with Gasteiger partial charge in [-0.2, -0.15) is 0 Å². The maximum Gasteiger partial charge on any atom is 0.314 e. The second-order valence-corrected chi connectivity index (χ2v) is 7.86. The molecule has 1 N–H and O–H groups in total. The first kappa shape index (κ1) is 20.5. The molecule has 2 aromatic carbocycles. The zero-order chi connectivity index (χ0) is 22.8. The van der Waals surface area contributed by atoms with Crippen molar-refractivity contribution < 1.29 is 19.1 Å². The van der Waals surface area contributed by atoms with Crippen LogP contribution in [0.3, 0.4) is 0 Å². The van der Waals surface area contributed by atoms with Gasteiger partial charge in [0.25, 0.3) is 5.91 Å². The Kier molecular flexibility index (Phi) is 5.37. The Morgan fingerprint density at radius 1 is 0.848 bits per heavy atom. The largest absolute Gasteiger partial charge is 0.481 e. The molecule has 0 saturated carbocycles. The van der Waals surface area contributed by atoms with E-state index in [1.807, 2.05) is 78.9 Å². The van der Waals surface area contributed by atoms with E-state index >= 15 is 0 Å². The molecule has 5 nitrogen and oxygen atoms in total. The number of rotatable bonds is 5. The molecule has 1 amide bonds. The number of carboxylic acids is 1. The fourth-order valence-electron chi connectivity index (χ4n) is 4.03. The van der Waals surface area contributed by atoms with Crippen LogP contribution in [0.25, 0.3) is 23.1 Å². The summed E-state index contributed by atoms with van der Waals surface area (Å²) in [7, 11) is 0. The van der Waals surface area contributed by atoms with Gasteiger partial charge in [-0.1, -0.05) is 85.0 Å². The van der Waals surface area contributed by atoms with E-state index in [2.05, 4.69) is 0 Å². The maximum absolute atomic E-state index is 13.5. The predicted molar refractivity (Wildman–Crippen MR) is 127 cm³/mol. The van der Waals surface area contributed by atoms with Crippen LogP contribution in [0.1, 0.15) is 11.3 Å². The third-order valence-electron chi connectivity index (χ3n) is 5.68. The lowest BCUT2D eigenvalue weighted by Gasteiger charge is -2.28. The Balaban J connectivity index is 1.49. The lowest BCUT2D eigenvalue weighted by atomic mass is 9.99. The molecule has 162 valence electrons. The third-order valence-corrected chi connectivity index (χ3v) is 5.68. The lowest BCUT2D eigenvalue weighted by molar-refractivity contribution is -0.138. The minimum atomic E-state index is -0.917. The van der Waals surface area contributed by atoms with Crippen molar-refractivity contribution in [3.63, 3.8) is 0 Å². The first-order chi connectivity index (χ1) is 16.1. The number of carboxylic acid groups (broad SMARTS) is 1. The Morgan fingerprint density at radius 3 is 2.12 bits per heavy atom. The van der Waals surface area contributed by atoms with Gasteiger partial charge < -0.3 is 9.52 Å². The molecule has 5 heteroatoms. The van der Waals surface area contributed by atoms with Gasteiger partial charge in [-0.3, -0.25) is 14.5 Å². The molecular weight excluding hydrogens is 414 g/mol. The Hall–Kier alpha value is -4.38. The van der Waals surface area contributed by atoms with Crippen molar-refractivity contribution in [3.8, 4) is 11.3 Å². The first-order valence-electron chi connectivity index (χ1n) is 10.7. The van der Waals surface area contributed by atoms with Crippen LogP contribution in [0, 0.1) is 5.92 Å². The second kappa shape index (κ2) is 8.63. The molecule has 1 aromatic heterocycles. The number of nitrogens with zero attached hydrogens (tertiary/aromatic N) is 1. The summed E-state index contributed by atoms with van der Waals surface area (Å²) in [5.74, 6) is -0.448. The van der Waals surface area contributed by atoms with E-state index in [1.165, 1.54) is 0 Å². The number of hydrogen-bond acceptors (Lipinski definition) is 3. The molecule has 5 rings (SSSR count). The van der Waals surface area contributed by atoms with Gasteiger partial charge in [0.05, 0.1) is 17.7 Å². The number of aliphatic carboxylic acids is 1. The van der Waals surface area contributed by atoms with Gasteiger partial charge in [-0.05, 0) is 29.8 Å². The van der Waals surface area contributed by atoms with Crippen molar-refractivity contribution in [2.75, 3.05) is 0 Å². The molecule has 2 heterocycles. The highest BCUT2D eigenvalue weighted by Gasteiger charge is 2.34. The zero-order valence-electron chi connectivity index (χ0n) is 17.7. The van der Waals surface area contributed by atoms with E-state index in [0.717, 1.165) is 22.6 Å². The Morgan fingerprint density at radius 2 is 1.48 bits per heavy atom. The first-order valence-corrected chi connectivity index (χ1v) is 10.7. The molecule has 0 radical (unpaired) electrons. The summed E-state index contributed by atoms with van der Waals surface area (Å²) in [4.78, 5) is 26.4. The van der Waals surface area contributed by atoms with E-state index in [9.17, 15) is 14.7 Å². The zero-order valence-corrected chi connectivity index (χ0v) is 17.7. The van der Waals surface area contributed by atoms with Gasteiger partial charge in [0.15, 0.2) is 0 Å². The number of furan rings is 1. The van der Waals surface area contributed by atoms with Crippen LogP contribution in [0.2, 0.25) is 0 Å². The molecule has 3 aromatic rings. The highest BCUT2D eigenvalue weighted by molar-refractivity contribution is 6.11. The number of benzene rings is 2. The molecule has 0 unspecified atom stereocenters. The quantitative estimate of drug-likeness (QED) is 0.430.